The molecule has 1 rings (SSSR count). The van der Waals surface area contributed by atoms with Crippen LogP contribution in [0, 0.1) is 0 Å². The van der Waals surface area contributed by atoms with E-state index in [4.69, 9.17) is 10.5 Å². The molecule has 0 aromatic heterocycles. The Labute approximate surface area is 110 Å². The van der Waals surface area contributed by atoms with E-state index < -0.39 is 5.54 Å². The van der Waals surface area contributed by atoms with Gasteiger partial charge in [-0.25, -0.2) is 0 Å². The number of nitrogens with zero attached hydrogens (tertiary/aromatic N) is 1. The first-order valence-corrected chi connectivity index (χ1v) is 6.69. The molecule has 1 heterocycles. The maximum Gasteiger partial charge on any atom is 0.238 e. The van der Waals surface area contributed by atoms with Gasteiger partial charge in [0, 0.05) is 18.6 Å². The molecule has 0 aliphatic carbocycles. The molecule has 1 aliphatic heterocycles. The second kappa shape index (κ2) is 5.99. The van der Waals surface area contributed by atoms with Crippen LogP contribution in [0.5, 0.6) is 0 Å². The molecular formula is C13H27N3O2. The number of nitrogens with one attached hydrogen (secondary N) is 1. The molecule has 0 aromatic carbocycles. The summed E-state index contributed by atoms with van der Waals surface area (Å²) in [4.78, 5) is 14.0. The Morgan fingerprint density at radius 3 is 2.72 bits per heavy atom. The number of morpholine rings is 1. The number of ether oxygens (including phenoxy) is 1. The van der Waals surface area contributed by atoms with Gasteiger partial charge in [0.25, 0.3) is 0 Å². The molecule has 0 aromatic rings. The maximum atomic E-state index is 11.7. The number of amides is 1. The first-order chi connectivity index (χ1) is 8.32. The highest BCUT2D eigenvalue weighted by Crippen LogP contribution is 2.21. The molecule has 18 heavy (non-hydrogen) atoms. The molecule has 1 atom stereocenters. The lowest BCUT2D eigenvalue weighted by molar-refractivity contribution is -0.127. The number of hydrogen-bond donors (Lipinski definition) is 2. The molecule has 1 saturated heterocycles. The number of carbonyl (C=O) groups excluding carboxylic acids is 1. The topological polar surface area (TPSA) is 67.6 Å². The van der Waals surface area contributed by atoms with Crippen LogP contribution in [0.3, 0.4) is 0 Å². The van der Waals surface area contributed by atoms with Crippen molar-refractivity contribution in [1.82, 2.24) is 10.2 Å². The summed E-state index contributed by atoms with van der Waals surface area (Å²) in [7, 11) is 0. The van der Waals surface area contributed by atoms with Gasteiger partial charge in [0.05, 0.1) is 13.2 Å². The zero-order valence-electron chi connectivity index (χ0n) is 12.1. The molecule has 106 valence electrons. The van der Waals surface area contributed by atoms with Gasteiger partial charge in [-0.1, -0.05) is 6.92 Å². The molecule has 1 fully saturated rings. The second-order valence-corrected chi connectivity index (χ2v) is 5.91. The summed E-state index contributed by atoms with van der Waals surface area (Å²) in [6, 6.07) is 0. The third-order valence-electron chi connectivity index (χ3n) is 3.63. The summed E-state index contributed by atoms with van der Waals surface area (Å²) in [5.41, 5.74) is 4.83. The Morgan fingerprint density at radius 1 is 1.56 bits per heavy atom. The average Bonchev–Trinajstić information content (AvgIpc) is 2.29. The molecule has 1 unspecified atom stereocenters. The van der Waals surface area contributed by atoms with Gasteiger partial charge in [-0.05, 0) is 33.7 Å². The molecule has 3 N–H and O–H groups in total. The van der Waals surface area contributed by atoms with E-state index >= 15 is 0 Å². The minimum atomic E-state index is -0.676. The highest BCUT2D eigenvalue weighted by molar-refractivity contribution is 5.84. The second-order valence-electron chi connectivity index (χ2n) is 5.91. The largest absolute Gasteiger partial charge is 0.378 e. The van der Waals surface area contributed by atoms with E-state index in [1.165, 1.54) is 0 Å². The van der Waals surface area contributed by atoms with Crippen LogP contribution in [-0.2, 0) is 9.53 Å². The summed E-state index contributed by atoms with van der Waals surface area (Å²) >= 11 is 0. The number of carbonyl (C=O) groups is 1. The fraction of sp³-hybridized carbons (Fsp3) is 0.923. The minimum absolute atomic E-state index is 0.0527. The van der Waals surface area contributed by atoms with Gasteiger partial charge < -0.3 is 15.8 Å². The minimum Gasteiger partial charge on any atom is -0.378 e. The Morgan fingerprint density at radius 2 is 2.22 bits per heavy atom. The van der Waals surface area contributed by atoms with Crippen molar-refractivity contribution >= 4 is 5.91 Å². The lowest BCUT2D eigenvalue weighted by Crippen LogP contribution is -2.64. The molecule has 1 aliphatic rings. The van der Waals surface area contributed by atoms with Crippen molar-refractivity contribution in [3.05, 3.63) is 0 Å². The van der Waals surface area contributed by atoms with Gasteiger partial charge >= 0.3 is 0 Å². The number of hydrogen-bond acceptors (Lipinski definition) is 4. The number of rotatable bonds is 6. The zero-order chi connectivity index (χ0) is 13.8. The van der Waals surface area contributed by atoms with Gasteiger partial charge in [0.1, 0.15) is 5.54 Å². The first kappa shape index (κ1) is 15.4. The molecule has 5 heteroatoms. The molecule has 0 bridgehead atoms. The van der Waals surface area contributed by atoms with E-state index in [2.05, 4.69) is 31.0 Å². The van der Waals surface area contributed by atoms with E-state index in [0.29, 0.717) is 19.8 Å². The number of nitrogens with two attached hydrogens (primary N) is 1. The predicted octanol–water partition coefficient (Wildman–Crippen LogP) is 0.341. The Balaban J connectivity index is 2.73. The van der Waals surface area contributed by atoms with Gasteiger partial charge in [0.15, 0.2) is 0 Å². The Kier molecular flexibility index (Phi) is 5.13. The van der Waals surface area contributed by atoms with Crippen LogP contribution in [0.25, 0.3) is 0 Å². The highest BCUT2D eigenvalue weighted by Gasteiger charge is 2.39. The molecule has 0 radical (unpaired) electrons. The van der Waals surface area contributed by atoms with Crippen molar-refractivity contribution in [2.45, 2.75) is 45.2 Å². The quantitative estimate of drug-likeness (QED) is 0.720. The van der Waals surface area contributed by atoms with Crippen molar-refractivity contribution in [2.24, 2.45) is 5.73 Å². The van der Waals surface area contributed by atoms with Crippen molar-refractivity contribution in [3.63, 3.8) is 0 Å². The van der Waals surface area contributed by atoms with E-state index in [1.54, 1.807) is 0 Å². The fourth-order valence-corrected chi connectivity index (χ4v) is 2.19. The van der Waals surface area contributed by atoms with Gasteiger partial charge in [0.2, 0.25) is 5.91 Å². The monoisotopic (exact) mass is 257 g/mol. The van der Waals surface area contributed by atoms with Crippen molar-refractivity contribution in [2.75, 3.05) is 32.8 Å². The van der Waals surface area contributed by atoms with Crippen molar-refractivity contribution < 1.29 is 9.53 Å². The average molecular weight is 257 g/mol. The molecular weight excluding hydrogens is 230 g/mol. The molecule has 0 saturated carbocycles. The molecule has 0 spiro atoms. The van der Waals surface area contributed by atoms with Crippen LogP contribution in [0.4, 0.5) is 0 Å². The summed E-state index contributed by atoms with van der Waals surface area (Å²) in [5.74, 6) is -0.293. The smallest absolute Gasteiger partial charge is 0.238 e. The highest BCUT2D eigenvalue weighted by atomic mass is 16.5. The SMILES string of the molecule is CCCNC(C)(CN1CCOCC1(C)C)C(N)=O. The summed E-state index contributed by atoms with van der Waals surface area (Å²) in [5, 5.41) is 3.27. The molecule has 1 amide bonds. The van der Waals surface area contributed by atoms with Gasteiger partial charge in [-0.2, -0.15) is 0 Å². The predicted molar refractivity (Wildman–Crippen MR) is 72.4 cm³/mol. The van der Waals surface area contributed by atoms with Gasteiger partial charge in [-0.3, -0.25) is 9.69 Å². The zero-order valence-corrected chi connectivity index (χ0v) is 12.1. The normalized spacial score (nSPS) is 23.6. The van der Waals surface area contributed by atoms with Crippen molar-refractivity contribution in [3.8, 4) is 0 Å². The summed E-state index contributed by atoms with van der Waals surface area (Å²) in [6.45, 7) is 11.9. The fourth-order valence-electron chi connectivity index (χ4n) is 2.19. The van der Waals surface area contributed by atoms with E-state index in [-0.39, 0.29) is 11.4 Å². The van der Waals surface area contributed by atoms with Crippen molar-refractivity contribution in [1.29, 1.82) is 0 Å². The Hall–Kier alpha value is -0.650. The lowest BCUT2D eigenvalue weighted by Gasteiger charge is -2.45. The van der Waals surface area contributed by atoms with E-state index in [9.17, 15) is 4.79 Å². The van der Waals surface area contributed by atoms with Crippen LogP contribution in [0.1, 0.15) is 34.1 Å². The first-order valence-electron chi connectivity index (χ1n) is 6.69. The van der Waals surface area contributed by atoms with Crippen LogP contribution in [0.2, 0.25) is 0 Å². The van der Waals surface area contributed by atoms with Crippen LogP contribution in [0.15, 0.2) is 0 Å². The third-order valence-corrected chi connectivity index (χ3v) is 3.63. The Bertz CT molecular complexity index is 294. The number of primary amides is 1. The maximum absolute atomic E-state index is 11.7. The van der Waals surface area contributed by atoms with E-state index in [1.807, 2.05) is 6.92 Å². The van der Waals surface area contributed by atoms with Gasteiger partial charge in [-0.15, -0.1) is 0 Å². The lowest BCUT2D eigenvalue weighted by atomic mass is 9.95. The summed E-state index contributed by atoms with van der Waals surface area (Å²) < 4.78 is 5.49. The standard InChI is InChI=1S/C13H27N3O2/c1-5-6-15-13(4,11(14)17)9-16-7-8-18-10-12(16,2)3/h15H,5-10H2,1-4H3,(H2,14,17). The molecule has 5 nitrogen and oxygen atoms in total. The van der Waals surface area contributed by atoms with Crippen LogP contribution >= 0.6 is 0 Å². The third kappa shape index (κ3) is 3.67. The summed E-state index contributed by atoms with van der Waals surface area (Å²) in [6.07, 6.45) is 0.982. The van der Waals surface area contributed by atoms with E-state index in [0.717, 1.165) is 19.5 Å². The van der Waals surface area contributed by atoms with Crippen LogP contribution in [-0.4, -0.2) is 54.7 Å². The van der Waals surface area contributed by atoms with Crippen LogP contribution < -0.4 is 11.1 Å².